The van der Waals surface area contributed by atoms with Gasteiger partial charge in [-0.05, 0) is 19.1 Å². The molecule has 1 aliphatic rings. The van der Waals surface area contributed by atoms with Crippen molar-refractivity contribution in [3.05, 3.63) is 17.0 Å². The van der Waals surface area contributed by atoms with Crippen molar-refractivity contribution in [3.63, 3.8) is 0 Å². The molecular weight excluding hydrogens is 324 g/mol. The van der Waals surface area contributed by atoms with E-state index < -0.39 is 10.0 Å². The minimum Gasteiger partial charge on any atom is -0.310 e. The molecule has 0 aromatic carbocycles. The predicted molar refractivity (Wildman–Crippen MR) is 91.6 cm³/mol. The molecule has 2 unspecified atom stereocenters. The second-order valence-corrected chi connectivity index (χ2v) is 10.5. The van der Waals surface area contributed by atoms with E-state index in [1.807, 2.05) is 24.8 Å². The topological polar surface area (TPSA) is 49.4 Å². The molecule has 2 rings (SSSR count). The van der Waals surface area contributed by atoms with Crippen LogP contribution in [0.15, 0.2) is 16.3 Å². The lowest BCUT2D eigenvalue weighted by atomic mass is 10.2. The highest BCUT2D eigenvalue weighted by atomic mass is 32.2. The molecule has 2 heterocycles. The van der Waals surface area contributed by atoms with Gasteiger partial charge in [-0.25, -0.2) is 8.42 Å². The maximum atomic E-state index is 12.8. The van der Waals surface area contributed by atoms with Gasteiger partial charge >= 0.3 is 0 Å². The van der Waals surface area contributed by atoms with Crippen LogP contribution in [0.1, 0.15) is 32.6 Å². The quantitative estimate of drug-likeness (QED) is 0.889. The number of nitrogens with zero attached hydrogens (tertiary/aromatic N) is 1. The van der Waals surface area contributed by atoms with Gasteiger partial charge in [-0.1, -0.05) is 20.8 Å². The molecule has 7 heteroatoms. The summed E-state index contributed by atoms with van der Waals surface area (Å²) in [5, 5.41) is 3.66. The summed E-state index contributed by atoms with van der Waals surface area (Å²) in [6.45, 7) is 9.60. The fourth-order valence-corrected chi connectivity index (χ4v) is 6.69. The molecule has 1 aromatic rings. The van der Waals surface area contributed by atoms with Crippen molar-refractivity contribution in [1.29, 1.82) is 0 Å². The van der Waals surface area contributed by atoms with E-state index in [0.717, 1.165) is 17.2 Å². The molecule has 1 aromatic heterocycles. The largest absolute Gasteiger partial charge is 0.310 e. The summed E-state index contributed by atoms with van der Waals surface area (Å²) in [6, 6.07) is 4.11. The third-order valence-electron chi connectivity index (χ3n) is 3.71. The van der Waals surface area contributed by atoms with Crippen LogP contribution in [0, 0.1) is 0 Å². The van der Waals surface area contributed by atoms with Crippen LogP contribution in [-0.4, -0.2) is 42.4 Å². The number of sulfonamides is 1. The maximum Gasteiger partial charge on any atom is 0.252 e. The lowest BCUT2D eigenvalue weighted by Crippen LogP contribution is -2.47. The summed E-state index contributed by atoms with van der Waals surface area (Å²) in [4.78, 5) is 1.06. The standard InChI is InChI=1S/C14H24N2O2S3/c1-10(2)15-9-13-5-6-14(20-13)21(17,18)16-7-8-19-12(4)11(16)3/h5-6,10-12,15H,7-9H2,1-4H3. The molecule has 1 aliphatic heterocycles. The number of thioether (sulfide) groups is 1. The van der Waals surface area contributed by atoms with Crippen molar-refractivity contribution < 1.29 is 8.42 Å². The van der Waals surface area contributed by atoms with E-state index in [1.54, 1.807) is 10.4 Å². The average molecular weight is 349 g/mol. The zero-order valence-electron chi connectivity index (χ0n) is 13.0. The summed E-state index contributed by atoms with van der Waals surface area (Å²) < 4.78 is 27.7. The van der Waals surface area contributed by atoms with E-state index in [0.29, 0.717) is 22.0 Å². The van der Waals surface area contributed by atoms with E-state index in [2.05, 4.69) is 26.1 Å². The van der Waals surface area contributed by atoms with Crippen molar-refractivity contribution in [2.75, 3.05) is 12.3 Å². The zero-order valence-corrected chi connectivity index (χ0v) is 15.4. The van der Waals surface area contributed by atoms with Gasteiger partial charge in [-0.3, -0.25) is 0 Å². The number of nitrogens with one attached hydrogen (secondary N) is 1. The fraction of sp³-hybridized carbons (Fsp3) is 0.714. The van der Waals surface area contributed by atoms with Crippen molar-refractivity contribution in [1.82, 2.24) is 9.62 Å². The van der Waals surface area contributed by atoms with E-state index in [9.17, 15) is 8.42 Å². The second kappa shape index (κ2) is 7.00. The Morgan fingerprint density at radius 1 is 1.38 bits per heavy atom. The van der Waals surface area contributed by atoms with Crippen LogP contribution in [0.4, 0.5) is 0 Å². The van der Waals surface area contributed by atoms with Gasteiger partial charge in [0.2, 0.25) is 0 Å². The van der Waals surface area contributed by atoms with Crippen LogP contribution in [0.2, 0.25) is 0 Å². The minimum absolute atomic E-state index is 0.0492. The van der Waals surface area contributed by atoms with Gasteiger partial charge in [0.1, 0.15) is 4.21 Å². The van der Waals surface area contributed by atoms with Crippen LogP contribution in [0.25, 0.3) is 0 Å². The summed E-state index contributed by atoms with van der Waals surface area (Å²) in [5.74, 6) is 0.873. The van der Waals surface area contributed by atoms with Gasteiger partial charge in [0.05, 0.1) is 0 Å². The van der Waals surface area contributed by atoms with E-state index in [-0.39, 0.29) is 6.04 Å². The Balaban J connectivity index is 2.16. The van der Waals surface area contributed by atoms with Crippen molar-refractivity contribution in [3.8, 4) is 0 Å². The highest BCUT2D eigenvalue weighted by molar-refractivity contribution is 8.00. The molecule has 1 fully saturated rings. The average Bonchev–Trinajstić information content (AvgIpc) is 2.89. The van der Waals surface area contributed by atoms with Gasteiger partial charge in [0, 0.05) is 41.1 Å². The van der Waals surface area contributed by atoms with Gasteiger partial charge in [0.15, 0.2) is 0 Å². The molecule has 0 amide bonds. The Bertz CT molecular complexity index is 569. The zero-order chi connectivity index (χ0) is 15.6. The second-order valence-electron chi connectivity index (χ2n) is 5.69. The van der Waals surface area contributed by atoms with E-state index >= 15 is 0 Å². The highest BCUT2D eigenvalue weighted by Crippen LogP contribution is 2.32. The minimum atomic E-state index is -3.35. The molecule has 1 saturated heterocycles. The summed E-state index contributed by atoms with van der Waals surface area (Å²) >= 11 is 3.22. The summed E-state index contributed by atoms with van der Waals surface area (Å²) in [7, 11) is -3.35. The van der Waals surface area contributed by atoms with Gasteiger partial charge < -0.3 is 5.32 Å². The normalized spacial score (nSPS) is 24.6. The maximum absolute atomic E-state index is 12.8. The molecule has 120 valence electrons. The monoisotopic (exact) mass is 348 g/mol. The predicted octanol–water partition coefficient (Wildman–Crippen LogP) is 2.76. The number of thiophene rings is 1. The molecule has 1 N–H and O–H groups in total. The van der Waals surface area contributed by atoms with Crippen molar-refractivity contribution in [2.45, 2.75) is 55.8 Å². The molecule has 0 saturated carbocycles. The van der Waals surface area contributed by atoms with Crippen LogP contribution < -0.4 is 5.32 Å². The van der Waals surface area contributed by atoms with E-state index in [4.69, 9.17) is 0 Å². The fourth-order valence-electron chi connectivity index (χ4n) is 2.26. The Kier molecular flexibility index (Phi) is 5.76. The van der Waals surface area contributed by atoms with Gasteiger partial charge in [-0.15, -0.1) is 11.3 Å². The van der Waals surface area contributed by atoms with Crippen molar-refractivity contribution >= 4 is 33.1 Å². The third kappa shape index (κ3) is 4.01. The molecule has 0 aliphatic carbocycles. The summed E-state index contributed by atoms with van der Waals surface area (Å²) in [5.41, 5.74) is 0. The molecule has 0 radical (unpaired) electrons. The first-order valence-electron chi connectivity index (χ1n) is 7.28. The first-order chi connectivity index (χ1) is 9.82. The number of rotatable bonds is 5. The molecule has 0 bridgehead atoms. The van der Waals surface area contributed by atoms with Crippen LogP contribution in [0.5, 0.6) is 0 Å². The smallest absolute Gasteiger partial charge is 0.252 e. The summed E-state index contributed by atoms with van der Waals surface area (Å²) in [6.07, 6.45) is 0. The lowest BCUT2D eigenvalue weighted by Gasteiger charge is -2.35. The third-order valence-corrected chi connectivity index (χ3v) is 8.59. The first kappa shape index (κ1) is 17.3. The van der Waals surface area contributed by atoms with Gasteiger partial charge in [-0.2, -0.15) is 16.1 Å². The van der Waals surface area contributed by atoms with Crippen LogP contribution in [-0.2, 0) is 16.6 Å². The van der Waals surface area contributed by atoms with E-state index in [1.165, 1.54) is 11.3 Å². The Hall–Kier alpha value is -0.0800. The molecular formula is C14H24N2O2S3. The highest BCUT2D eigenvalue weighted by Gasteiger charge is 2.35. The number of hydrogen-bond donors (Lipinski definition) is 1. The Morgan fingerprint density at radius 2 is 2.10 bits per heavy atom. The van der Waals surface area contributed by atoms with Gasteiger partial charge in [0.25, 0.3) is 10.0 Å². The Labute approximate surface area is 136 Å². The molecule has 0 spiro atoms. The molecule has 2 atom stereocenters. The SMILES string of the molecule is CC(C)NCc1ccc(S(=O)(=O)N2CCSC(C)C2C)s1. The van der Waals surface area contributed by atoms with Crippen LogP contribution >= 0.6 is 23.1 Å². The molecule has 4 nitrogen and oxygen atoms in total. The Morgan fingerprint density at radius 3 is 2.76 bits per heavy atom. The van der Waals surface area contributed by atoms with Crippen molar-refractivity contribution in [2.24, 2.45) is 0 Å². The lowest BCUT2D eigenvalue weighted by molar-refractivity contribution is 0.341. The first-order valence-corrected chi connectivity index (χ1v) is 10.6. The molecule has 21 heavy (non-hydrogen) atoms. The van der Waals surface area contributed by atoms with Crippen LogP contribution in [0.3, 0.4) is 0 Å². The number of hydrogen-bond acceptors (Lipinski definition) is 5.